The number of aryl methyl sites for hydroxylation is 1. The van der Waals surface area contributed by atoms with Crippen molar-refractivity contribution in [3.63, 3.8) is 0 Å². The van der Waals surface area contributed by atoms with E-state index in [4.69, 9.17) is 21.1 Å². The van der Waals surface area contributed by atoms with Crippen molar-refractivity contribution < 1.29 is 9.47 Å². The first kappa shape index (κ1) is 13.7. The monoisotopic (exact) mass is 277 g/mol. The van der Waals surface area contributed by atoms with Gasteiger partial charge in [0.25, 0.3) is 0 Å². The SMILES string of the molecule is CCc1ccc(OCc2cc(Cl)ccn2)c(OC)c1. The molecular formula is C15H16ClNO2. The number of pyridine rings is 1. The number of halogens is 1. The zero-order chi connectivity index (χ0) is 13.7. The van der Waals surface area contributed by atoms with Crippen LogP contribution >= 0.6 is 11.6 Å². The molecule has 0 spiro atoms. The number of hydrogen-bond donors (Lipinski definition) is 0. The van der Waals surface area contributed by atoms with Crippen LogP contribution in [0.15, 0.2) is 36.5 Å². The Kier molecular flexibility index (Phi) is 4.63. The molecule has 100 valence electrons. The summed E-state index contributed by atoms with van der Waals surface area (Å²) in [6, 6.07) is 9.46. The molecule has 1 heterocycles. The average molecular weight is 278 g/mol. The van der Waals surface area contributed by atoms with Crippen molar-refractivity contribution in [2.45, 2.75) is 20.0 Å². The van der Waals surface area contributed by atoms with E-state index in [9.17, 15) is 0 Å². The van der Waals surface area contributed by atoms with E-state index in [0.717, 1.165) is 17.9 Å². The minimum atomic E-state index is 0.363. The fourth-order valence-electron chi connectivity index (χ4n) is 1.73. The van der Waals surface area contributed by atoms with E-state index in [1.54, 1.807) is 25.4 Å². The quantitative estimate of drug-likeness (QED) is 0.831. The Morgan fingerprint density at radius 3 is 2.68 bits per heavy atom. The Balaban J connectivity index is 2.11. The van der Waals surface area contributed by atoms with Crippen LogP contribution in [0.25, 0.3) is 0 Å². The predicted octanol–water partition coefficient (Wildman–Crippen LogP) is 3.89. The van der Waals surface area contributed by atoms with Crippen molar-refractivity contribution in [3.05, 3.63) is 52.8 Å². The van der Waals surface area contributed by atoms with E-state index in [1.807, 2.05) is 18.2 Å². The number of ether oxygens (including phenoxy) is 2. The Hall–Kier alpha value is -1.74. The van der Waals surface area contributed by atoms with Crippen LogP contribution < -0.4 is 9.47 Å². The van der Waals surface area contributed by atoms with Gasteiger partial charge in [-0.1, -0.05) is 24.6 Å². The molecule has 0 fully saturated rings. The molecule has 19 heavy (non-hydrogen) atoms. The first-order valence-electron chi connectivity index (χ1n) is 6.13. The summed E-state index contributed by atoms with van der Waals surface area (Å²) < 4.78 is 11.1. The summed E-state index contributed by atoms with van der Waals surface area (Å²) in [5, 5.41) is 0.655. The Labute approximate surface area is 118 Å². The van der Waals surface area contributed by atoms with Crippen molar-refractivity contribution in [2.24, 2.45) is 0 Å². The fourth-order valence-corrected chi connectivity index (χ4v) is 1.91. The lowest BCUT2D eigenvalue weighted by Gasteiger charge is -2.11. The van der Waals surface area contributed by atoms with Gasteiger partial charge in [0.2, 0.25) is 0 Å². The highest BCUT2D eigenvalue weighted by Gasteiger charge is 2.06. The van der Waals surface area contributed by atoms with Crippen LogP contribution in [0.2, 0.25) is 5.02 Å². The van der Waals surface area contributed by atoms with Crippen molar-refractivity contribution in [1.82, 2.24) is 4.98 Å². The normalized spacial score (nSPS) is 10.3. The van der Waals surface area contributed by atoms with Gasteiger partial charge < -0.3 is 9.47 Å². The smallest absolute Gasteiger partial charge is 0.161 e. The lowest BCUT2D eigenvalue weighted by Crippen LogP contribution is -2.00. The van der Waals surface area contributed by atoms with E-state index in [2.05, 4.69) is 11.9 Å². The van der Waals surface area contributed by atoms with Gasteiger partial charge in [-0.15, -0.1) is 0 Å². The molecule has 0 aliphatic heterocycles. The van der Waals surface area contributed by atoms with E-state index in [1.165, 1.54) is 5.56 Å². The van der Waals surface area contributed by atoms with Crippen LogP contribution in [0.3, 0.4) is 0 Å². The minimum absolute atomic E-state index is 0.363. The van der Waals surface area contributed by atoms with Gasteiger partial charge in [-0.25, -0.2) is 0 Å². The number of hydrogen-bond acceptors (Lipinski definition) is 3. The van der Waals surface area contributed by atoms with Crippen LogP contribution in [0.5, 0.6) is 11.5 Å². The molecule has 0 radical (unpaired) electrons. The third kappa shape index (κ3) is 3.61. The maximum absolute atomic E-state index is 5.90. The number of rotatable bonds is 5. The number of benzene rings is 1. The standard InChI is InChI=1S/C15H16ClNO2/c1-3-11-4-5-14(15(8-11)18-2)19-10-13-9-12(16)6-7-17-13/h4-9H,3,10H2,1-2H3. The van der Waals surface area contributed by atoms with E-state index < -0.39 is 0 Å². The fraction of sp³-hybridized carbons (Fsp3) is 0.267. The van der Waals surface area contributed by atoms with Gasteiger partial charge in [0.15, 0.2) is 11.5 Å². The minimum Gasteiger partial charge on any atom is -0.493 e. The molecule has 4 heteroatoms. The second kappa shape index (κ2) is 6.43. The number of aromatic nitrogens is 1. The molecule has 0 aliphatic carbocycles. The van der Waals surface area contributed by atoms with Crippen LogP contribution in [0.4, 0.5) is 0 Å². The molecule has 0 amide bonds. The molecular weight excluding hydrogens is 262 g/mol. The first-order valence-corrected chi connectivity index (χ1v) is 6.51. The lowest BCUT2D eigenvalue weighted by atomic mass is 10.1. The first-order chi connectivity index (χ1) is 9.22. The van der Waals surface area contributed by atoms with Crippen LogP contribution in [0, 0.1) is 0 Å². The molecule has 1 aromatic heterocycles. The van der Waals surface area contributed by atoms with Crippen molar-refractivity contribution in [1.29, 1.82) is 0 Å². The Morgan fingerprint density at radius 1 is 1.16 bits per heavy atom. The third-order valence-electron chi connectivity index (χ3n) is 2.79. The van der Waals surface area contributed by atoms with Crippen LogP contribution in [0.1, 0.15) is 18.2 Å². The molecule has 0 unspecified atom stereocenters. The molecule has 0 atom stereocenters. The summed E-state index contributed by atoms with van der Waals surface area (Å²) >= 11 is 5.90. The molecule has 3 nitrogen and oxygen atoms in total. The summed E-state index contributed by atoms with van der Waals surface area (Å²) in [6.45, 7) is 2.47. The van der Waals surface area contributed by atoms with Gasteiger partial charge in [-0.3, -0.25) is 4.98 Å². The van der Waals surface area contributed by atoms with Crippen molar-refractivity contribution >= 4 is 11.6 Å². The molecule has 0 N–H and O–H groups in total. The Bertz CT molecular complexity index is 558. The zero-order valence-electron chi connectivity index (χ0n) is 11.0. The summed E-state index contributed by atoms with van der Waals surface area (Å²) in [7, 11) is 1.64. The zero-order valence-corrected chi connectivity index (χ0v) is 11.8. The maximum Gasteiger partial charge on any atom is 0.161 e. The van der Waals surface area contributed by atoms with Crippen molar-refractivity contribution in [3.8, 4) is 11.5 Å². The van der Waals surface area contributed by atoms with Crippen LogP contribution in [-0.2, 0) is 13.0 Å². The molecule has 0 saturated carbocycles. The van der Waals surface area contributed by atoms with Crippen LogP contribution in [-0.4, -0.2) is 12.1 Å². The van der Waals surface area contributed by atoms with E-state index >= 15 is 0 Å². The molecule has 2 rings (SSSR count). The van der Waals surface area contributed by atoms with Gasteiger partial charge in [-0.2, -0.15) is 0 Å². The van der Waals surface area contributed by atoms with Gasteiger partial charge in [0, 0.05) is 11.2 Å². The third-order valence-corrected chi connectivity index (χ3v) is 3.03. The molecule has 0 saturated heterocycles. The Morgan fingerprint density at radius 2 is 2.00 bits per heavy atom. The molecule has 2 aromatic rings. The summed E-state index contributed by atoms with van der Waals surface area (Å²) in [5.41, 5.74) is 2.00. The summed E-state index contributed by atoms with van der Waals surface area (Å²) in [5.74, 6) is 1.45. The average Bonchev–Trinajstić information content (AvgIpc) is 2.45. The highest BCUT2D eigenvalue weighted by molar-refractivity contribution is 6.30. The summed E-state index contributed by atoms with van der Waals surface area (Å²) in [4.78, 5) is 4.19. The highest BCUT2D eigenvalue weighted by atomic mass is 35.5. The molecule has 0 bridgehead atoms. The predicted molar refractivity (Wildman–Crippen MR) is 76.0 cm³/mol. The maximum atomic E-state index is 5.90. The molecule has 1 aromatic carbocycles. The topological polar surface area (TPSA) is 31.4 Å². The van der Waals surface area contributed by atoms with E-state index in [0.29, 0.717) is 17.4 Å². The highest BCUT2D eigenvalue weighted by Crippen LogP contribution is 2.29. The van der Waals surface area contributed by atoms with Crippen molar-refractivity contribution in [2.75, 3.05) is 7.11 Å². The van der Waals surface area contributed by atoms with Gasteiger partial charge in [0.05, 0.1) is 12.8 Å². The van der Waals surface area contributed by atoms with Gasteiger partial charge >= 0.3 is 0 Å². The largest absolute Gasteiger partial charge is 0.493 e. The van der Waals surface area contributed by atoms with E-state index in [-0.39, 0.29) is 0 Å². The second-order valence-electron chi connectivity index (χ2n) is 4.09. The lowest BCUT2D eigenvalue weighted by molar-refractivity contribution is 0.280. The number of nitrogens with zero attached hydrogens (tertiary/aromatic N) is 1. The molecule has 0 aliphatic rings. The van der Waals surface area contributed by atoms with Gasteiger partial charge in [-0.05, 0) is 36.2 Å². The second-order valence-corrected chi connectivity index (χ2v) is 4.53. The number of methoxy groups -OCH3 is 1. The summed E-state index contributed by atoms with van der Waals surface area (Å²) in [6.07, 6.45) is 2.63. The van der Waals surface area contributed by atoms with Gasteiger partial charge in [0.1, 0.15) is 6.61 Å².